The SMILES string of the molecule is Cc1ccc(C)c(NC(=O)C2(C(=O)Nc3ccc(N(C)C)cc3)CC2)c1. The molecule has 1 saturated carbocycles. The first-order chi connectivity index (χ1) is 12.3. The molecular formula is C21H25N3O2. The maximum atomic E-state index is 12.8. The predicted octanol–water partition coefficient (Wildman–Crippen LogP) is 3.73. The molecule has 0 aliphatic heterocycles. The molecule has 0 atom stereocenters. The molecule has 0 unspecified atom stereocenters. The van der Waals surface area contributed by atoms with Gasteiger partial charge in [-0.05, 0) is 68.1 Å². The highest BCUT2D eigenvalue weighted by molar-refractivity contribution is 6.17. The molecule has 1 aliphatic rings. The normalized spacial score (nSPS) is 14.5. The van der Waals surface area contributed by atoms with Crippen molar-refractivity contribution < 1.29 is 9.59 Å². The zero-order valence-electron chi connectivity index (χ0n) is 15.7. The Hall–Kier alpha value is -2.82. The number of nitrogens with one attached hydrogen (secondary N) is 2. The molecule has 0 saturated heterocycles. The fourth-order valence-electron chi connectivity index (χ4n) is 2.89. The van der Waals surface area contributed by atoms with Crippen molar-refractivity contribution in [2.75, 3.05) is 29.6 Å². The Balaban J connectivity index is 1.70. The Kier molecular flexibility index (Phi) is 4.72. The minimum atomic E-state index is -0.962. The average Bonchev–Trinajstić information content (AvgIpc) is 3.40. The smallest absolute Gasteiger partial charge is 0.240 e. The van der Waals surface area contributed by atoms with Gasteiger partial charge in [0.2, 0.25) is 11.8 Å². The summed E-state index contributed by atoms with van der Waals surface area (Å²) in [4.78, 5) is 27.5. The number of benzene rings is 2. The fourth-order valence-corrected chi connectivity index (χ4v) is 2.89. The van der Waals surface area contributed by atoms with Crippen LogP contribution in [0.25, 0.3) is 0 Å². The first-order valence-electron chi connectivity index (χ1n) is 8.79. The zero-order chi connectivity index (χ0) is 18.9. The molecule has 2 aromatic carbocycles. The Morgan fingerprint density at radius 2 is 1.54 bits per heavy atom. The summed E-state index contributed by atoms with van der Waals surface area (Å²) < 4.78 is 0. The highest BCUT2D eigenvalue weighted by Gasteiger charge is 2.56. The van der Waals surface area contributed by atoms with Gasteiger partial charge in [0.05, 0.1) is 0 Å². The number of hydrogen-bond acceptors (Lipinski definition) is 3. The Bertz CT molecular complexity index is 837. The van der Waals surface area contributed by atoms with Gasteiger partial charge in [0, 0.05) is 31.2 Å². The van der Waals surface area contributed by atoms with Crippen LogP contribution >= 0.6 is 0 Å². The molecule has 1 aliphatic carbocycles. The maximum absolute atomic E-state index is 12.8. The van der Waals surface area contributed by atoms with Crippen molar-refractivity contribution in [2.24, 2.45) is 5.41 Å². The maximum Gasteiger partial charge on any atom is 0.240 e. The lowest BCUT2D eigenvalue weighted by Crippen LogP contribution is -2.35. The molecule has 0 aromatic heterocycles. The summed E-state index contributed by atoms with van der Waals surface area (Å²) in [5, 5.41) is 5.82. The molecule has 136 valence electrons. The van der Waals surface area contributed by atoms with E-state index in [0.29, 0.717) is 18.5 Å². The molecule has 1 fully saturated rings. The van der Waals surface area contributed by atoms with Crippen LogP contribution in [0.3, 0.4) is 0 Å². The topological polar surface area (TPSA) is 61.4 Å². The van der Waals surface area contributed by atoms with Crippen molar-refractivity contribution in [3.8, 4) is 0 Å². The van der Waals surface area contributed by atoms with E-state index in [1.54, 1.807) is 0 Å². The predicted molar refractivity (Wildman–Crippen MR) is 106 cm³/mol. The van der Waals surface area contributed by atoms with Gasteiger partial charge in [-0.2, -0.15) is 0 Å². The number of carbonyl (C=O) groups excluding carboxylic acids is 2. The molecule has 5 nitrogen and oxygen atoms in total. The van der Waals surface area contributed by atoms with Gasteiger partial charge in [-0.1, -0.05) is 12.1 Å². The van der Waals surface area contributed by atoms with E-state index in [-0.39, 0.29) is 11.8 Å². The van der Waals surface area contributed by atoms with Gasteiger partial charge in [0.15, 0.2) is 0 Å². The molecule has 0 heterocycles. The second-order valence-corrected chi connectivity index (χ2v) is 7.25. The lowest BCUT2D eigenvalue weighted by Gasteiger charge is -2.17. The van der Waals surface area contributed by atoms with E-state index in [1.807, 2.05) is 75.3 Å². The summed E-state index contributed by atoms with van der Waals surface area (Å²) in [6, 6.07) is 13.5. The molecule has 0 bridgehead atoms. The van der Waals surface area contributed by atoms with E-state index in [9.17, 15) is 9.59 Å². The number of carbonyl (C=O) groups is 2. The van der Waals surface area contributed by atoms with Crippen LogP contribution in [0.1, 0.15) is 24.0 Å². The highest BCUT2D eigenvalue weighted by atomic mass is 16.2. The summed E-state index contributed by atoms with van der Waals surface area (Å²) >= 11 is 0. The fraction of sp³-hybridized carbons (Fsp3) is 0.333. The Morgan fingerprint density at radius 1 is 0.923 bits per heavy atom. The van der Waals surface area contributed by atoms with Crippen LogP contribution in [0.15, 0.2) is 42.5 Å². The number of hydrogen-bond donors (Lipinski definition) is 2. The molecule has 3 rings (SSSR count). The minimum absolute atomic E-state index is 0.228. The van der Waals surface area contributed by atoms with Gasteiger partial charge in [-0.3, -0.25) is 9.59 Å². The van der Waals surface area contributed by atoms with E-state index in [0.717, 1.165) is 22.5 Å². The van der Waals surface area contributed by atoms with Crippen LogP contribution < -0.4 is 15.5 Å². The number of anilines is 3. The quantitative estimate of drug-likeness (QED) is 0.807. The molecule has 2 aromatic rings. The van der Waals surface area contributed by atoms with E-state index in [1.165, 1.54) is 0 Å². The van der Waals surface area contributed by atoms with Gasteiger partial charge >= 0.3 is 0 Å². The first-order valence-corrected chi connectivity index (χ1v) is 8.79. The summed E-state index contributed by atoms with van der Waals surface area (Å²) in [6.07, 6.45) is 1.15. The van der Waals surface area contributed by atoms with E-state index < -0.39 is 5.41 Å². The highest BCUT2D eigenvalue weighted by Crippen LogP contribution is 2.47. The lowest BCUT2D eigenvalue weighted by molar-refractivity contribution is -0.131. The van der Waals surface area contributed by atoms with Crippen molar-refractivity contribution in [3.05, 3.63) is 53.6 Å². The monoisotopic (exact) mass is 351 g/mol. The van der Waals surface area contributed by atoms with Crippen LogP contribution in [0.4, 0.5) is 17.1 Å². The summed E-state index contributed by atoms with van der Waals surface area (Å²) in [5.41, 5.74) is 3.62. The third kappa shape index (κ3) is 3.57. The zero-order valence-corrected chi connectivity index (χ0v) is 15.7. The summed E-state index contributed by atoms with van der Waals surface area (Å²) in [5.74, 6) is -0.466. The van der Waals surface area contributed by atoms with Gasteiger partial charge in [-0.15, -0.1) is 0 Å². The van der Waals surface area contributed by atoms with E-state index in [4.69, 9.17) is 0 Å². The van der Waals surface area contributed by atoms with E-state index in [2.05, 4.69) is 10.6 Å². The molecular weight excluding hydrogens is 326 g/mol. The third-order valence-corrected chi connectivity index (χ3v) is 4.90. The molecule has 2 N–H and O–H groups in total. The van der Waals surface area contributed by atoms with Gasteiger partial charge in [0.25, 0.3) is 0 Å². The number of nitrogens with zero attached hydrogens (tertiary/aromatic N) is 1. The van der Waals surface area contributed by atoms with Crippen molar-refractivity contribution in [1.82, 2.24) is 0 Å². The van der Waals surface area contributed by atoms with E-state index >= 15 is 0 Å². The van der Waals surface area contributed by atoms with Crippen molar-refractivity contribution in [3.63, 3.8) is 0 Å². The number of amides is 2. The third-order valence-electron chi connectivity index (χ3n) is 4.90. The minimum Gasteiger partial charge on any atom is -0.378 e. The second kappa shape index (κ2) is 6.83. The van der Waals surface area contributed by atoms with Crippen LogP contribution in [-0.4, -0.2) is 25.9 Å². The molecule has 5 heteroatoms. The first kappa shape index (κ1) is 18.0. The standard InChI is InChI=1S/C21H25N3O2/c1-14-5-6-15(2)18(13-14)23-20(26)21(11-12-21)19(25)22-16-7-9-17(10-8-16)24(3)4/h5-10,13H,11-12H2,1-4H3,(H,22,25)(H,23,26). The number of rotatable bonds is 5. The molecule has 2 amide bonds. The molecule has 0 spiro atoms. The Morgan fingerprint density at radius 3 is 2.12 bits per heavy atom. The largest absolute Gasteiger partial charge is 0.378 e. The second-order valence-electron chi connectivity index (χ2n) is 7.25. The summed E-state index contributed by atoms with van der Waals surface area (Å²) in [6.45, 7) is 3.92. The van der Waals surface area contributed by atoms with Crippen molar-refractivity contribution >= 4 is 28.9 Å². The van der Waals surface area contributed by atoms with Gasteiger partial charge in [0.1, 0.15) is 5.41 Å². The van der Waals surface area contributed by atoms with Crippen LogP contribution in [0, 0.1) is 19.3 Å². The van der Waals surface area contributed by atoms with Crippen LogP contribution in [0.2, 0.25) is 0 Å². The van der Waals surface area contributed by atoms with Crippen LogP contribution in [-0.2, 0) is 9.59 Å². The average molecular weight is 351 g/mol. The van der Waals surface area contributed by atoms with Crippen LogP contribution in [0.5, 0.6) is 0 Å². The molecule has 26 heavy (non-hydrogen) atoms. The molecule has 0 radical (unpaired) electrons. The van der Waals surface area contributed by atoms with Crippen molar-refractivity contribution in [2.45, 2.75) is 26.7 Å². The number of aryl methyl sites for hydroxylation is 2. The van der Waals surface area contributed by atoms with Crippen molar-refractivity contribution in [1.29, 1.82) is 0 Å². The van der Waals surface area contributed by atoms with Gasteiger partial charge in [-0.25, -0.2) is 0 Å². The Labute approximate surface area is 154 Å². The lowest BCUT2D eigenvalue weighted by atomic mass is 10.0. The summed E-state index contributed by atoms with van der Waals surface area (Å²) in [7, 11) is 3.93. The van der Waals surface area contributed by atoms with Gasteiger partial charge < -0.3 is 15.5 Å².